The zero-order valence-corrected chi connectivity index (χ0v) is 11.1. The van der Waals surface area contributed by atoms with Gasteiger partial charge in [-0.3, -0.25) is 4.79 Å². The van der Waals surface area contributed by atoms with E-state index in [1.165, 1.54) is 31.4 Å². The van der Waals surface area contributed by atoms with Crippen LogP contribution in [0.5, 0.6) is 0 Å². The van der Waals surface area contributed by atoms with Crippen molar-refractivity contribution in [1.29, 1.82) is 0 Å². The van der Waals surface area contributed by atoms with E-state index in [-0.39, 0.29) is 0 Å². The summed E-state index contributed by atoms with van der Waals surface area (Å²) in [7, 11) is 2.16. The number of hydrogen-bond donors (Lipinski definition) is 0. The zero-order valence-electron chi connectivity index (χ0n) is 10.3. The van der Waals surface area contributed by atoms with Gasteiger partial charge in [-0.05, 0) is 43.1 Å². The third kappa shape index (κ3) is 2.13. The van der Waals surface area contributed by atoms with Gasteiger partial charge in [0.1, 0.15) is 0 Å². The Morgan fingerprint density at radius 3 is 2.94 bits per heavy atom. The summed E-state index contributed by atoms with van der Waals surface area (Å²) in [5.74, 6) is 2.89. The molecule has 2 bridgehead atoms. The molecule has 3 heteroatoms. The second-order valence-electron chi connectivity index (χ2n) is 5.64. The van der Waals surface area contributed by atoms with Gasteiger partial charge in [-0.2, -0.15) is 0 Å². The van der Waals surface area contributed by atoms with Crippen molar-refractivity contribution in [2.45, 2.75) is 25.7 Å². The lowest BCUT2D eigenvalue weighted by molar-refractivity contribution is 0.112. The predicted octanol–water partition coefficient (Wildman–Crippen LogP) is 3.43. The fraction of sp³-hybridized carbons (Fsp3) is 0.643. The van der Waals surface area contributed by atoms with Crippen LogP contribution >= 0.6 is 11.3 Å². The van der Waals surface area contributed by atoms with Crippen LogP contribution in [0.25, 0.3) is 0 Å². The third-order valence-electron chi connectivity index (χ3n) is 4.56. The molecule has 3 rings (SSSR count). The van der Waals surface area contributed by atoms with Crippen LogP contribution in [0.2, 0.25) is 0 Å². The van der Waals surface area contributed by atoms with Gasteiger partial charge < -0.3 is 4.90 Å². The zero-order chi connectivity index (χ0) is 11.8. The van der Waals surface area contributed by atoms with Crippen LogP contribution in [0.15, 0.2) is 11.4 Å². The van der Waals surface area contributed by atoms with E-state index in [0.29, 0.717) is 0 Å². The first-order chi connectivity index (χ1) is 8.26. The fourth-order valence-electron chi connectivity index (χ4n) is 3.66. The van der Waals surface area contributed by atoms with E-state index in [9.17, 15) is 4.79 Å². The van der Waals surface area contributed by atoms with Gasteiger partial charge in [-0.25, -0.2) is 0 Å². The van der Waals surface area contributed by atoms with Crippen molar-refractivity contribution in [2.24, 2.45) is 17.8 Å². The molecule has 1 aromatic rings. The van der Waals surface area contributed by atoms with Crippen LogP contribution in [0.3, 0.4) is 0 Å². The molecule has 0 radical (unpaired) electrons. The Balaban J connectivity index is 1.63. The van der Waals surface area contributed by atoms with Gasteiger partial charge in [0.15, 0.2) is 6.29 Å². The van der Waals surface area contributed by atoms with Crippen molar-refractivity contribution in [1.82, 2.24) is 0 Å². The van der Waals surface area contributed by atoms with Gasteiger partial charge in [-0.15, -0.1) is 11.3 Å². The summed E-state index contributed by atoms with van der Waals surface area (Å²) in [4.78, 5) is 13.8. The van der Waals surface area contributed by atoms with Crippen LogP contribution < -0.4 is 4.90 Å². The monoisotopic (exact) mass is 249 g/mol. The lowest BCUT2D eigenvalue weighted by Crippen LogP contribution is -2.28. The number of carbonyl (C=O) groups is 1. The van der Waals surface area contributed by atoms with Crippen molar-refractivity contribution in [3.05, 3.63) is 16.3 Å². The molecule has 2 nitrogen and oxygen atoms in total. The highest BCUT2D eigenvalue weighted by Gasteiger charge is 2.39. The first kappa shape index (κ1) is 11.3. The second-order valence-corrected chi connectivity index (χ2v) is 6.58. The maximum atomic E-state index is 10.7. The predicted molar refractivity (Wildman–Crippen MR) is 71.9 cm³/mol. The number of hydrogen-bond acceptors (Lipinski definition) is 3. The van der Waals surface area contributed by atoms with Crippen LogP contribution in [-0.4, -0.2) is 19.9 Å². The van der Waals surface area contributed by atoms with Gasteiger partial charge in [0.05, 0.1) is 4.88 Å². The topological polar surface area (TPSA) is 20.3 Å². The maximum Gasteiger partial charge on any atom is 0.160 e. The smallest absolute Gasteiger partial charge is 0.160 e. The number of fused-ring (bicyclic) bond motifs is 2. The summed E-state index contributed by atoms with van der Waals surface area (Å²) < 4.78 is 0. The minimum atomic E-state index is 0.833. The standard InChI is InChI=1S/C14H19NOS/c1-15(13-6-14(8-16)17-9-13)7-12-5-10-2-3-11(12)4-10/h6,8-12H,2-5,7H2,1H3. The highest BCUT2D eigenvalue weighted by molar-refractivity contribution is 7.12. The number of nitrogens with zero attached hydrogens (tertiary/aromatic N) is 1. The molecule has 2 saturated carbocycles. The summed E-state index contributed by atoms with van der Waals surface area (Å²) in [6.45, 7) is 1.16. The average Bonchev–Trinajstić information content (AvgIpc) is 3.04. The van der Waals surface area contributed by atoms with E-state index in [4.69, 9.17) is 0 Å². The first-order valence-electron chi connectivity index (χ1n) is 6.51. The lowest BCUT2D eigenvalue weighted by atomic mass is 9.88. The van der Waals surface area contributed by atoms with Crippen LogP contribution in [0.4, 0.5) is 5.69 Å². The Morgan fingerprint density at radius 2 is 2.35 bits per heavy atom. The molecule has 0 aliphatic heterocycles. The molecule has 1 aromatic heterocycles. The summed E-state index contributed by atoms with van der Waals surface area (Å²) in [6.07, 6.45) is 6.77. The minimum Gasteiger partial charge on any atom is -0.374 e. The van der Waals surface area contributed by atoms with E-state index in [0.717, 1.165) is 35.5 Å². The van der Waals surface area contributed by atoms with Crippen LogP contribution in [0.1, 0.15) is 35.4 Å². The van der Waals surface area contributed by atoms with Gasteiger partial charge in [0.25, 0.3) is 0 Å². The number of carbonyl (C=O) groups excluding carboxylic acids is 1. The Hall–Kier alpha value is -0.830. The average molecular weight is 249 g/mol. The quantitative estimate of drug-likeness (QED) is 0.762. The molecule has 2 aliphatic carbocycles. The van der Waals surface area contributed by atoms with Crippen molar-refractivity contribution in [3.63, 3.8) is 0 Å². The van der Waals surface area contributed by atoms with Gasteiger partial charge >= 0.3 is 0 Å². The Kier molecular flexibility index (Phi) is 2.95. The third-order valence-corrected chi connectivity index (χ3v) is 5.40. The largest absolute Gasteiger partial charge is 0.374 e. The van der Waals surface area contributed by atoms with E-state index >= 15 is 0 Å². The Morgan fingerprint density at radius 1 is 1.47 bits per heavy atom. The number of anilines is 1. The normalized spacial score (nSPS) is 30.8. The number of aldehydes is 1. The summed E-state index contributed by atoms with van der Waals surface area (Å²) in [6, 6.07) is 2.00. The molecule has 17 heavy (non-hydrogen) atoms. The molecule has 0 amide bonds. The van der Waals surface area contributed by atoms with Gasteiger partial charge in [0, 0.05) is 24.7 Å². The van der Waals surface area contributed by atoms with Crippen molar-refractivity contribution in [2.75, 3.05) is 18.5 Å². The van der Waals surface area contributed by atoms with Gasteiger partial charge in [0.2, 0.25) is 0 Å². The molecule has 0 N–H and O–H groups in total. The van der Waals surface area contributed by atoms with E-state index in [2.05, 4.69) is 17.3 Å². The van der Waals surface area contributed by atoms with Crippen molar-refractivity contribution >= 4 is 23.3 Å². The molecule has 2 aliphatic rings. The van der Waals surface area contributed by atoms with Crippen molar-refractivity contribution < 1.29 is 4.79 Å². The molecular formula is C14H19NOS. The molecule has 2 fully saturated rings. The lowest BCUT2D eigenvalue weighted by Gasteiger charge is -2.27. The molecule has 3 atom stereocenters. The summed E-state index contributed by atoms with van der Waals surface area (Å²) >= 11 is 1.54. The summed E-state index contributed by atoms with van der Waals surface area (Å²) in [5, 5.41) is 2.09. The summed E-state index contributed by atoms with van der Waals surface area (Å²) in [5.41, 5.74) is 1.21. The molecule has 0 spiro atoms. The number of rotatable bonds is 4. The molecule has 0 aromatic carbocycles. The fourth-order valence-corrected chi connectivity index (χ4v) is 4.41. The molecule has 3 unspecified atom stereocenters. The number of thiophene rings is 1. The van der Waals surface area contributed by atoms with Crippen LogP contribution in [-0.2, 0) is 0 Å². The molecule has 0 saturated heterocycles. The van der Waals surface area contributed by atoms with E-state index in [1.54, 1.807) is 11.3 Å². The van der Waals surface area contributed by atoms with Gasteiger partial charge in [-0.1, -0.05) is 6.42 Å². The molecule has 1 heterocycles. The van der Waals surface area contributed by atoms with E-state index in [1.807, 2.05) is 6.07 Å². The Bertz CT molecular complexity index is 414. The highest BCUT2D eigenvalue weighted by Crippen LogP contribution is 2.48. The molecular weight excluding hydrogens is 230 g/mol. The van der Waals surface area contributed by atoms with E-state index < -0.39 is 0 Å². The Labute approximate surface area is 107 Å². The molecule has 92 valence electrons. The first-order valence-corrected chi connectivity index (χ1v) is 7.39. The highest BCUT2D eigenvalue weighted by atomic mass is 32.1. The maximum absolute atomic E-state index is 10.7. The minimum absolute atomic E-state index is 0.833. The SMILES string of the molecule is CN(CC1CC2CCC1C2)c1csc(C=O)c1. The van der Waals surface area contributed by atoms with Crippen molar-refractivity contribution in [3.8, 4) is 0 Å². The van der Waals surface area contributed by atoms with Crippen LogP contribution in [0, 0.1) is 17.8 Å². The second kappa shape index (κ2) is 4.45.